The molecule has 7 heteroatoms. The van der Waals surface area contributed by atoms with Crippen molar-refractivity contribution in [2.24, 2.45) is 5.92 Å². The summed E-state index contributed by atoms with van der Waals surface area (Å²) in [6.45, 7) is 3.42. The highest BCUT2D eigenvalue weighted by Gasteiger charge is 2.28. The molecule has 1 aliphatic rings. The molecule has 0 N–H and O–H groups in total. The maximum absolute atomic E-state index is 13.1. The Kier molecular flexibility index (Phi) is 5.26. The summed E-state index contributed by atoms with van der Waals surface area (Å²) in [4.78, 5) is 23.9. The first-order valence-electron chi connectivity index (χ1n) is 9.53. The van der Waals surface area contributed by atoms with Gasteiger partial charge in [-0.3, -0.25) is 4.79 Å². The van der Waals surface area contributed by atoms with Gasteiger partial charge in [0.1, 0.15) is 16.6 Å². The van der Waals surface area contributed by atoms with Crippen molar-refractivity contribution in [1.29, 1.82) is 0 Å². The van der Waals surface area contributed by atoms with Crippen LogP contribution in [-0.4, -0.2) is 32.4 Å². The Morgan fingerprint density at radius 2 is 2.07 bits per heavy atom. The third kappa shape index (κ3) is 3.85. The van der Waals surface area contributed by atoms with Gasteiger partial charge in [-0.2, -0.15) is 0 Å². The second kappa shape index (κ2) is 7.83. The lowest BCUT2D eigenvalue weighted by Gasteiger charge is -2.26. The van der Waals surface area contributed by atoms with Gasteiger partial charge in [0.05, 0.1) is 17.9 Å². The number of benzene rings is 1. The fourth-order valence-electron chi connectivity index (χ4n) is 3.61. The fraction of sp³-hybridized carbons (Fsp3) is 0.381. The fourth-order valence-corrected chi connectivity index (χ4v) is 4.42. The molecule has 0 radical (unpaired) electrons. The van der Waals surface area contributed by atoms with Crippen LogP contribution in [0, 0.1) is 11.7 Å². The third-order valence-corrected chi connectivity index (χ3v) is 6.13. The number of imidazole rings is 1. The Balaban J connectivity index is 1.40. The summed E-state index contributed by atoms with van der Waals surface area (Å²) in [5, 5.41) is 2.80. The average molecular weight is 399 g/mol. The summed E-state index contributed by atoms with van der Waals surface area (Å²) < 4.78 is 15.3. The molecule has 2 aromatic heterocycles. The lowest BCUT2D eigenvalue weighted by Crippen LogP contribution is -2.36. The van der Waals surface area contributed by atoms with Crippen molar-refractivity contribution in [1.82, 2.24) is 19.4 Å². The summed E-state index contributed by atoms with van der Waals surface area (Å²) in [6, 6.07) is 6.31. The number of rotatable bonds is 5. The highest BCUT2D eigenvalue weighted by molar-refractivity contribution is 7.13. The number of carbonyl (C=O) groups excluding carboxylic acids is 1. The van der Waals surface area contributed by atoms with E-state index < -0.39 is 0 Å². The van der Waals surface area contributed by atoms with E-state index in [1.54, 1.807) is 17.0 Å². The van der Waals surface area contributed by atoms with Crippen molar-refractivity contribution in [2.75, 3.05) is 7.05 Å². The smallest absolute Gasteiger partial charge is 0.226 e. The zero-order valence-electron chi connectivity index (χ0n) is 16.1. The number of nitrogens with zero attached hydrogens (tertiary/aromatic N) is 4. The summed E-state index contributed by atoms with van der Waals surface area (Å²) in [7, 11) is 1.83. The molecule has 28 heavy (non-hydrogen) atoms. The Morgan fingerprint density at radius 3 is 2.82 bits per heavy atom. The molecule has 3 heterocycles. The lowest BCUT2D eigenvalue weighted by molar-refractivity contribution is -0.135. The number of amides is 1. The monoisotopic (exact) mass is 398 g/mol. The van der Waals surface area contributed by atoms with E-state index in [4.69, 9.17) is 0 Å². The van der Waals surface area contributed by atoms with E-state index >= 15 is 0 Å². The summed E-state index contributed by atoms with van der Waals surface area (Å²) in [5.74, 6) is 0.871. The first-order valence-corrected chi connectivity index (χ1v) is 10.4. The van der Waals surface area contributed by atoms with Crippen LogP contribution in [0.5, 0.6) is 0 Å². The normalized spacial score (nSPS) is 16.0. The number of aromatic nitrogens is 3. The molecule has 0 aliphatic carbocycles. The van der Waals surface area contributed by atoms with Crippen LogP contribution in [0.25, 0.3) is 10.6 Å². The van der Waals surface area contributed by atoms with Gasteiger partial charge in [-0.25, -0.2) is 14.4 Å². The van der Waals surface area contributed by atoms with Gasteiger partial charge in [0.15, 0.2) is 0 Å². The van der Waals surface area contributed by atoms with Gasteiger partial charge in [0.2, 0.25) is 5.91 Å². The van der Waals surface area contributed by atoms with E-state index in [0.29, 0.717) is 13.0 Å². The van der Waals surface area contributed by atoms with Crippen molar-refractivity contribution < 1.29 is 9.18 Å². The molecule has 0 saturated heterocycles. The predicted octanol–water partition coefficient (Wildman–Crippen LogP) is 3.93. The van der Waals surface area contributed by atoms with E-state index in [0.717, 1.165) is 47.2 Å². The number of carbonyl (C=O) groups is 1. The zero-order valence-corrected chi connectivity index (χ0v) is 16.9. The predicted molar refractivity (Wildman–Crippen MR) is 107 cm³/mol. The molecule has 4 rings (SSSR count). The molecule has 1 aromatic carbocycles. The van der Waals surface area contributed by atoms with E-state index in [1.807, 2.05) is 12.4 Å². The summed E-state index contributed by atoms with van der Waals surface area (Å²) >= 11 is 1.51. The van der Waals surface area contributed by atoms with E-state index in [-0.39, 0.29) is 17.6 Å². The largest absolute Gasteiger partial charge is 0.340 e. The molecule has 0 spiro atoms. The molecule has 3 aromatic rings. The maximum Gasteiger partial charge on any atom is 0.226 e. The zero-order chi connectivity index (χ0) is 19.7. The first kappa shape index (κ1) is 18.8. The van der Waals surface area contributed by atoms with Gasteiger partial charge < -0.3 is 9.47 Å². The first-order chi connectivity index (χ1) is 13.5. The second-order valence-corrected chi connectivity index (χ2v) is 8.09. The summed E-state index contributed by atoms with van der Waals surface area (Å²) in [6.07, 6.45) is 4.55. The molecule has 0 fully saturated rings. The highest BCUT2D eigenvalue weighted by atomic mass is 32.1. The molecule has 1 aliphatic heterocycles. The molecular formula is C21H23FN4OS. The third-order valence-electron chi connectivity index (χ3n) is 5.19. The topological polar surface area (TPSA) is 51.0 Å². The SMILES string of the molecule is CCc1cn2c(n1)CC(C(=O)N(C)Cc1csc(-c3ccc(F)cc3)n1)CC2. The molecule has 1 amide bonds. The number of aryl methyl sites for hydroxylation is 2. The van der Waals surface area contributed by atoms with Crippen molar-refractivity contribution >= 4 is 17.2 Å². The number of hydrogen-bond acceptors (Lipinski definition) is 4. The van der Waals surface area contributed by atoms with Crippen LogP contribution >= 0.6 is 11.3 Å². The van der Waals surface area contributed by atoms with Crippen LogP contribution in [0.4, 0.5) is 4.39 Å². The Labute approximate surface area is 167 Å². The van der Waals surface area contributed by atoms with Crippen LogP contribution in [0.15, 0.2) is 35.8 Å². The Morgan fingerprint density at radius 1 is 1.29 bits per heavy atom. The maximum atomic E-state index is 13.1. The van der Waals surface area contributed by atoms with Gasteiger partial charge in [-0.15, -0.1) is 11.3 Å². The Bertz CT molecular complexity index is 979. The Hall–Kier alpha value is -2.54. The van der Waals surface area contributed by atoms with Crippen molar-refractivity contribution in [2.45, 2.75) is 39.3 Å². The second-order valence-electron chi connectivity index (χ2n) is 7.23. The van der Waals surface area contributed by atoms with Crippen molar-refractivity contribution in [3.05, 3.63) is 58.9 Å². The van der Waals surface area contributed by atoms with Crippen LogP contribution in [0.3, 0.4) is 0 Å². The van der Waals surface area contributed by atoms with Crippen molar-refractivity contribution in [3.8, 4) is 10.6 Å². The van der Waals surface area contributed by atoms with Crippen LogP contribution in [0.1, 0.15) is 30.6 Å². The van der Waals surface area contributed by atoms with Gasteiger partial charge in [-0.05, 0) is 37.1 Å². The molecule has 1 atom stereocenters. The molecule has 1 unspecified atom stereocenters. The van der Waals surface area contributed by atoms with Gasteiger partial charge in [-0.1, -0.05) is 6.92 Å². The molecule has 5 nitrogen and oxygen atoms in total. The van der Waals surface area contributed by atoms with Crippen LogP contribution in [-0.2, 0) is 30.7 Å². The molecule has 0 bridgehead atoms. The molecule has 0 saturated carbocycles. The standard InChI is InChI=1S/C21H23FN4OS/c1-3-17-12-26-9-8-15(10-19(26)23-17)21(27)25(2)11-18-13-28-20(24-18)14-4-6-16(22)7-5-14/h4-7,12-13,15H,3,8-11H2,1-2H3. The minimum atomic E-state index is -0.259. The van der Waals surface area contributed by atoms with Crippen LogP contribution < -0.4 is 0 Å². The lowest BCUT2D eigenvalue weighted by atomic mass is 9.96. The quantitative estimate of drug-likeness (QED) is 0.654. The van der Waals surface area contributed by atoms with Gasteiger partial charge >= 0.3 is 0 Å². The minimum absolute atomic E-state index is 0.0280. The number of fused-ring (bicyclic) bond motifs is 1. The van der Waals surface area contributed by atoms with E-state index in [1.165, 1.54) is 23.5 Å². The summed E-state index contributed by atoms with van der Waals surface area (Å²) in [5.41, 5.74) is 2.83. The molecule has 146 valence electrons. The van der Waals surface area contributed by atoms with E-state index in [9.17, 15) is 9.18 Å². The van der Waals surface area contributed by atoms with Gasteiger partial charge in [0.25, 0.3) is 0 Å². The minimum Gasteiger partial charge on any atom is -0.340 e. The number of hydrogen-bond donors (Lipinski definition) is 0. The highest BCUT2D eigenvalue weighted by Crippen LogP contribution is 2.26. The average Bonchev–Trinajstić information content (AvgIpc) is 3.33. The molecular weight excluding hydrogens is 375 g/mol. The number of halogens is 1. The van der Waals surface area contributed by atoms with Gasteiger partial charge in [0, 0.05) is 43.1 Å². The van der Waals surface area contributed by atoms with Crippen molar-refractivity contribution in [3.63, 3.8) is 0 Å². The van der Waals surface area contributed by atoms with Crippen LogP contribution in [0.2, 0.25) is 0 Å². The van der Waals surface area contributed by atoms with E-state index in [2.05, 4.69) is 27.7 Å². The number of thiazole rings is 1.